The Kier molecular flexibility index (Phi) is 7.88. The fourth-order valence-corrected chi connectivity index (χ4v) is 2.40. The van der Waals surface area contributed by atoms with Crippen LogP contribution >= 0.6 is 11.8 Å². The van der Waals surface area contributed by atoms with Gasteiger partial charge in [0.2, 0.25) is 5.91 Å². The highest BCUT2D eigenvalue weighted by Gasteiger charge is 2.24. The van der Waals surface area contributed by atoms with E-state index in [2.05, 4.69) is 26.1 Å². The molecule has 0 aromatic rings. The Morgan fingerprint density at radius 3 is 2.47 bits per heavy atom. The number of hydrogen-bond acceptors (Lipinski definition) is 3. The highest BCUT2D eigenvalue weighted by Crippen LogP contribution is 2.20. The van der Waals surface area contributed by atoms with Crippen molar-refractivity contribution in [3.05, 3.63) is 0 Å². The van der Waals surface area contributed by atoms with Crippen molar-refractivity contribution in [3.8, 4) is 0 Å². The van der Waals surface area contributed by atoms with Gasteiger partial charge in [-0.2, -0.15) is 0 Å². The van der Waals surface area contributed by atoms with Gasteiger partial charge in [-0.05, 0) is 18.7 Å². The summed E-state index contributed by atoms with van der Waals surface area (Å²) >= 11 is 1.74. The second-order valence-corrected chi connectivity index (χ2v) is 5.40. The molecule has 0 aliphatic heterocycles. The lowest BCUT2D eigenvalue weighted by molar-refractivity contribution is -0.129. The molecule has 4 heteroatoms. The van der Waals surface area contributed by atoms with Crippen LogP contribution in [0.3, 0.4) is 0 Å². The minimum Gasteiger partial charge on any atom is -0.344 e. The number of carbonyl (C=O) groups excluding carboxylic acids is 1. The number of carbonyl (C=O) groups is 1. The van der Waals surface area contributed by atoms with E-state index in [0.717, 1.165) is 18.8 Å². The summed E-state index contributed by atoms with van der Waals surface area (Å²) in [6.07, 6.45) is 0. The Bertz CT molecular complexity index is 185. The van der Waals surface area contributed by atoms with Crippen LogP contribution < -0.4 is 5.32 Å². The van der Waals surface area contributed by atoms with Crippen LogP contribution in [0, 0.1) is 5.92 Å². The molecule has 0 fully saturated rings. The predicted molar refractivity (Wildman–Crippen MR) is 68.3 cm³/mol. The van der Waals surface area contributed by atoms with Crippen LogP contribution in [0.5, 0.6) is 0 Å². The third kappa shape index (κ3) is 5.42. The third-order valence-corrected chi connectivity index (χ3v) is 3.71. The maximum atomic E-state index is 12.1. The second-order valence-electron chi connectivity index (χ2n) is 3.98. The molecule has 0 spiro atoms. The molecule has 1 amide bonds. The molecule has 0 saturated carbocycles. The quantitative estimate of drug-likeness (QED) is 0.721. The van der Waals surface area contributed by atoms with Gasteiger partial charge in [0.15, 0.2) is 0 Å². The molecule has 0 saturated heterocycles. The van der Waals surface area contributed by atoms with Crippen molar-refractivity contribution < 1.29 is 4.79 Å². The van der Waals surface area contributed by atoms with Gasteiger partial charge in [-0.1, -0.05) is 20.8 Å². The van der Waals surface area contributed by atoms with Gasteiger partial charge in [-0.25, -0.2) is 0 Å². The minimum atomic E-state index is 0.108. The third-order valence-electron chi connectivity index (χ3n) is 2.27. The molecular formula is C11H24N2OS. The summed E-state index contributed by atoms with van der Waals surface area (Å²) in [5, 5.41) is 3.16. The molecule has 1 atom stereocenters. The average Bonchev–Trinajstić information content (AvgIpc) is 2.21. The summed E-state index contributed by atoms with van der Waals surface area (Å²) < 4.78 is 0. The van der Waals surface area contributed by atoms with E-state index in [1.54, 1.807) is 11.8 Å². The van der Waals surface area contributed by atoms with E-state index in [1.807, 2.05) is 19.0 Å². The molecule has 1 unspecified atom stereocenters. The van der Waals surface area contributed by atoms with Gasteiger partial charge >= 0.3 is 0 Å². The first kappa shape index (κ1) is 14.8. The molecule has 0 aromatic carbocycles. The summed E-state index contributed by atoms with van der Waals surface area (Å²) in [4.78, 5) is 13.9. The molecule has 0 aliphatic carbocycles. The first-order valence-corrected chi connectivity index (χ1v) is 6.60. The van der Waals surface area contributed by atoms with Crippen LogP contribution in [-0.4, -0.2) is 49.0 Å². The lowest BCUT2D eigenvalue weighted by Gasteiger charge is -2.25. The summed E-state index contributed by atoms with van der Waals surface area (Å²) in [5.41, 5.74) is 0. The monoisotopic (exact) mass is 232 g/mol. The number of hydrogen-bond donors (Lipinski definition) is 1. The number of rotatable bonds is 7. The van der Waals surface area contributed by atoms with E-state index in [4.69, 9.17) is 0 Å². The molecule has 0 aromatic heterocycles. The normalized spacial score (nSPS) is 12.9. The molecule has 3 nitrogen and oxygen atoms in total. The van der Waals surface area contributed by atoms with Crippen LogP contribution in [0.2, 0.25) is 0 Å². The Labute approximate surface area is 98.0 Å². The topological polar surface area (TPSA) is 32.3 Å². The first-order chi connectivity index (χ1) is 7.04. The van der Waals surface area contributed by atoms with Crippen LogP contribution in [0.15, 0.2) is 0 Å². The lowest BCUT2D eigenvalue weighted by Crippen LogP contribution is -2.40. The first-order valence-electron chi connectivity index (χ1n) is 5.55. The summed E-state index contributed by atoms with van der Waals surface area (Å²) in [5.74, 6) is 1.65. The van der Waals surface area contributed by atoms with E-state index in [0.29, 0.717) is 5.92 Å². The molecule has 0 bridgehead atoms. The zero-order valence-corrected chi connectivity index (χ0v) is 11.4. The molecule has 0 rings (SSSR count). The maximum absolute atomic E-state index is 12.1. The van der Waals surface area contributed by atoms with Gasteiger partial charge in [0.1, 0.15) is 0 Å². The van der Waals surface area contributed by atoms with Crippen molar-refractivity contribution in [2.24, 2.45) is 5.92 Å². The van der Waals surface area contributed by atoms with Crippen molar-refractivity contribution in [2.45, 2.75) is 26.0 Å². The lowest BCUT2D eigenvalue weighted by atomic mass is 10.1. The maximum Gasteiger partial charge on any atom is 0.235 e. The van der Waals surface area contributed by atoms with Gasteiger partial charge in [0, 0.05) is 20.1 Å². The highest BCUT2D eigenvalue weighted by molar-refractivity contribution is 8.00. The van der Waals surface area contributed by atoms with Crippen molar-refractivity contribution in [2.75, 3.05) is 32.9 Å². The van der Waals surface area contributed by atoms with Crippen molar-refractivity contribution >= 4 is 17.7 Å². The van der Waals surface area contributed by atoms with E-state index < -0.39 is 0 Å². The Morgan fingerprint density at radius 2 is 2.07 bits per heavy atom. The number of nitrogens with one attached hydrogen (secondary N) is 1. The molecular weight excluding hydrogens is 208 g/mol. The van der Waals surface area contributed by atoms with E-state index in [1.165, 1.54) is 0 Å². The number of thioether (sulfide) groups is 1. The molecule has 15 heavy (non-hydrogen) atoms. The van der Waals surface area contributed by atoms with E-state index in [-0.39, 0.29) is 11.2 Å². The van der Waals surface area contributed by atoms with Gasteiger partial charge in [-0.3, -0.25) is 4.79 Å². The zero-order chi connectivity index (χ0) is 11.8. The van der Waals surface area contributed by atoms with Crippen LogP contribution in [0.4, 0.5) is 0 Å². The van der Waals surface area contributed by atoms with Gasteiger partial charge in [0.25, 0.3) is 0 Å². The zero-order valence-electron chi connectivity index (χ0n) is 10.5. The summed E-state index contributed by atoms with van der Waals surface area (Å²) in [6, 6.07) is 0. The van der Waals surface area contributed by atoms with Crippen molar-refractivity contribution in [1.29, 1.82) is 0 Å². The van der Waals surface area contributed by atoms with E-state index >= 15 is 0 Å². The number of likely N-dealkylation sites (N-methyl/N-ethyl adjacent to an activating group) is 2. The van der Waals surface area contributed by atoms with E-state index in [9.17, 15) is 4.79 Å². The largest absolute Gasteiger partial charge is 0.344 e. The molecule has 0 heterocycles. The Hall–Kier alpha value is -0.220. The van der Waals surface area contributed by atoms with Crippen LogP contribution in [0.25, 0.3) is 0 Å². The molecule has 90 valence electrons. The predicted octanol–water partition coefficient (Wildman–Crippen LogP) is 1.44. The van der Waals surface area contributed by atoms with Crippen molar-refractivity contribution in [1.82, 2.24) is 10.2 Å². The van der Waals surface area contributed by atoms with Crippen LogP contribution in [-0.2, 0) is 4.79 Å². The molecule has 0 radical (unpaired) electrons. The fourth-order valence-electron chi connectivity index (χ4n) is 1.34. The minimum absolute atomic E-state index is 0.108. The summed E-state index contributed by atoms with van der Waals surface area (Å²) in [7, 11) is 3.78. The Morgan fingerprint density at radius 1 is 1.47 bits per heavy atom. The number of amides is 1. The van der Waals surface area contributed by atoms with Gasteiger partial charge in [-0.15, -0.1) is 11.8 Å². The van der Waals surface area contributed by atoms with Gasteiger partial charge in [0.05, 0.1) is 5.25 Å². The molecule has 1 N–H and O–H groups in total. The fraction of sp³-hybridized carbons (Fsp3) is 0.909. The smallest absolute Gasteiger partial charge is 0.235 e. The average molecular weight is 232 g/mol. The second kappa shape index (κ2) is 7.99. The molecule has 0 aliphatic rings. The van der Waals surface area contributed by atoms with Crippen LogP contribution in [0.1, 0.15) is 20.8 Å². The number of nitrogens with zero attached hydrogens (tertiary/aromatic N) is 1. The summed E-state index contributed by atoms with van der Waals surface area (Å²) in [6.45, 7) is 7.95. The highest BCUT2D eigenvalue weighted by atomic mass is 32.2. The standard InChI is InChI=1S/C11H24N2OS/c1-6-15-10(9(2)3)11(14)13(5)8-7-12-4/h9-10,12H,6-8H2,1-5H3. The van der Waals surface area contributed by atoms with Gasteiger partial charge < -0.3 is 10.2 Å². The Balaban J connectivity index is 4.22. The SMILES string of the molecule is CCSC(C(=O)N(C)CCNC)C(C)C. The van der Waals surface area contributed by atoms with Crippen molar-refractivity contribution in [3.63, 3.8) is 0 Å².